The number of hydrogen-bond donors (Lipinski definition) is 4. The summed E-state index contributed by atoms with van der Waals surface area (Å²) in [6, 6.07) is 0. The molecule has 0 aliphatic rings. The number of carbonyl (C=O) groups is 3. The normalized spacial score (nSPS) is 12.9. The number of aliphatic carboxylic acids is 3. The lowest BCUT2D eigenvalue weighted by molar-refractivity contribution is -0.134. The number of carboxylic acid groups (broad SMARTS) is 3. The molecule has 1 atom stereocenters. The second-order valence-corrected chi connectivity index (χ2v) is 8.17. The Hall–Kier alpha value is -0.580. The first kappa shape index (κ1) is 19.4. The largest absolute Gasteiger partial charge is 0.481 e. The quantitative estimate of drug-likeness (QED) is 0.397. The molecule has 0 bridgehead atoms. The molecule has 0 aromatic rings. The van der Waals surface area contributed by atoms with E-state index in [1.807, 2.05) is 0 Å². The lowest BCUT2D eigenvalue weighted by Gasteiger charge is -2.35. The molecule has 7 nitrogen and oxygen atoms in total. The Morgan fingerprint density at radius 3 is 1.40 bits per heavy atom. The Balaban J connectivity index is 5.08. The first-order chi connectivity index (χ1) is 9.23. The molecule has 116 valence electrons. The van der Waals surface area contributed by atoms with Gasteiger partial charge in [-0.3, -0.25) is 14.4 Å². The van der Waals surface area contributed by atoms with E-state index in [-0.39, 0.29) is 23.9 Å². The highest BCUT2D eigenvalue weighted by Gasteiger charge is 2.39. The molecule has 0 heterocycles. The average molecular weight is 344 g/mol. The van der Waals surface area contributed by atoms with Crippen molar-refractivity contribution in [3.63, 3.8) is 0 Å². The summed E-state index contributed by atoms with van der Waals surface area (Å²) in [4.78, 5) is 32.1. The molecule has 0 aromatic carbocycles. The van der Waals surface area contributed by atoms with Crippen LogP contribution in [0.3, 0.4) is 0 Å². The minimum atomic E-state index is -1.09. The molecule has 0 saturated carbocycles. The molecule has 0 aliphatic heterocycles. The van der Waals surface area contributed by atoms with Crippen molar-refractivity contribution in [1.29, 1.82) is 0 Å². The molecule has 1 unspecified atom stereocenters. The summed E-state index contributed by atoms with van der Waals surface area (Å²) in [5.74, 6) is -4.64. The van der Waals surface area contributed by atoms with E-state index in [0.717, 1.165) is 35.3 Å². The van der Waals surface area contributed by atoms with Gasteiger partial charge in [0.15, 0.2) is 0 Å². The van der Waals surface area contributed by atoms with Crippen molar-refractivity contribution >= 4 is 53.2 Å². The molecule has 0 amide bonds. The van der Waals surface area contributed by atoms with Crippen LogP contribution in [-0.2, 0) is 14.4 Å². The molecule has 0 saturated heterocycles. The minimum absolute atomic E-state index is 0.300. The van der Waals surface area contributed by atoms with Crippen molar-refractivity contribution in [1.82, 2.24) is 0 Å². The van der Waals surface area contributed by atoms with Crippen molar-refractivity contribution in [3.8, 4) is 0 Å². The zero-order chi connectivity index (χ0) is 15.8. The predicted molar refractivity (Wildman–Crippen MR) is 79.3 cm³/mol. The second kappa shape index (κ2) is 9.37. The number of rotatable bonds is 11. The van der Waals surface area contributed by atoms with Gasteiger partial charge in [0.05, 0.1) is 17.3 Å². The highest BCUT2D eigenvalue weighted by atomic mass is 32.3. The summed E-state index contributed by atoms with van der Waals surface area (Å²) in [6.07, 6.45) is 0. The number of carboxylic acids is 3. The van der Waals surface area contributed by atoms with E-state index in [4.69, 9.17) is 15.3 Å². The molecular formula is C10H16O7S3. The van der Waals surface area contributed by atoms with Crippen LogP contribution in [0.5, 0.6) is 0 Å². The van der Waals surface area contributed by atoms with E-state index in [1.165, 1.54) is 0 Å². The molecule has 0 aliphatic carbocycles. The smallest absolute Gasteiger partial charge is 0.313 e. The van der Waals surface area contributed by atoms with Gasteiger partial charge in [0.25, 0.3) is 0 Å². The Morgan fingerprint density at radius 2 is 1.20 bits per heavy atom. The maximum atomic E-state index is 10.7. The van der Waals surface area contributed by atoms with Gasteiger partial charge in [0.1, 0.15) is 3.41 Å². The SMILES string of the molecule is CC(CO)C(SCC(=O)O)(SCC(=O)O)SCC(=O)O. The first-order valence-corrected chi connectivity index (χ1v) is 8.37. The van der Waals surface area contributed by atoms with E-state index < -0.39 is 27.2 Å². The molecule has 0 radical (unpaired) electrons. The van der Waals surface area contributed by atoms with Crippen molar-refractivity contribution in [2.24, 2.45) is 5.92 Å². The fraction of sp³-hybridized carbons (Fsp3) is 0.700. The molecule has 0 aromatic heterocycles. The molecule has 4 N–H and O–H groups in total. The molecule has 0 spiro atoms. The van der Waals surface area contributed by atoms with Crippen molar-refractivity contribution < 1.29 is 34.8 Å². The van der Waals surface area contributed by atoms with Crippen LogP contribution in [0.2, 0.25) is 0 Å². The van der Waals surface area contributed by atoms with E-state index in [2.05, 4.69) is 0 Å². The first-order valence-electron chi connectivity index (χ1n) is 5.41. The van der Waals surface area contributed by atoms with Crippen LogP contribution in [0.25, 0.3) is 0 Å². The summed E-state index contributed by atoms with van der Waals surface area (Å²) in [6.45, 7) is 1.32. The average Bonchev–Trinajstić information content (AvgIpc) is 2.36. The van der Waals surface area contributed by atoms with Gasteiger partial charge in [-0.1, -0.05) is 6.92 Å². The third-order valence-electron chi connectivity index (χ3n) is 2.07. The zero-order valence-electron chi connectivity index (χ0n) is 10.6. The van der Waals surface area contributed by atoms with Crippen LogP contribution in [0.1, 0.15) is 6.92 Å². The topological polar surface area (TPSA) is 132 Å². The third-order valence-corrected chi connectivity index (χ3v) is 7.78. The summed E-state index contributed by atoms with van der Waals surface area (Å²) in [5.41, 5.74) is 0. The Morgan fingerprint density at radius 1 is 0.900 bits per heavy atom. The molecule has 10 heteroatoms. The number of thioether (sulfide) groups is 3. The van der Waals surface area contributed by atoms with Gasteiger partial charge in [-0.05, 0) is 0 Å². The monoisotopic (exact) mass is 344 g/mol. The van der Waals surface area contributed by atoms with Gasteiger partial charge in [-0.25, -0.2) is 0 Å². The number of aliphatic hydroxyl groups excluding tert-OH is 1. The standard InChI is InChI=1S/C10H16O7S3/c1-6(2-11)10(18-3-7(12)13,19-4-8(14)15)20-5-9(16)17/h6,11H,2-5H2,1H3,(H,12,13)(H,14,15)(H,16,17). The van der Waals surface area contributed by atoms with Gasteiger partial charge in [-0.15, -0.1) is 35.3 Å². The van der Waals surface area contributed by atoms with Crippen LogP contribution in [-0.4, -0.2) is 65.6 Å². The highest BCUT2D eigenvalue weighted by Crippen LogP contribution is 2.52. The number of hydrogen-bond acceptors (Lipinski definition) is 7. The number of aliphatic hydroxyl groups is 1. The van der Waals surface area contributed by atoms with Gasteiger partial charge in [-0.2, -0.15) is 0 Å². The molecule has 0 rings (SSSR count). The lowest BCUT2D eigenvalue weighted by atomic mass is 10.2. The maximum Gasteiger partial charge on any atom is 0.313 e. The maximum absolute atomic E-state index is 10.7. The molecule has 20 heavy (non-hydrogen) atoms. The van der Waals surface area contributed by atoms with Gasteiger partial charge < -0.3 is 20.4 Å². The van der Waals surface area contributed by atoms with Crippen LogP contribution < -0.4 is 0 Å². The van der Waals surface area contributed by atoms with Crippen molar-refractivity contribution in [2.75, 3.05) is 23.9 Å². The van der Waals surface area contributed by atoms with Crippen LogP contribution >= 0.6 is 35.3 Å². The lowest BCUT2D eigenvalue weighted by Crippen LogP contribution is -2.32. The Kier molecular flexibility index (Phi) is 9.10. The van der Waals surface area contributed by atoms with Crippen molar-refractivity contribution in [3.05, 3.63) is 0 Å². The van der Waals surface area contributed by atoms with E-state index in [1.54, 1.807) is 6.92 Å². The summed E-state index contributed by atoms with van der Waals surface area (Å²) in [5, 5.41) is 35.5. The van der Waals surface area contributed by atoms with Crippen LogP contribution in [0, 0.1) is 5.92 Å². The summed E-state index contributed by atoms with van der Waals surface area (Å²) < 4.78 is -1.04. The van der Waals surface area contributed by atoms with Gasteiger partial charge in [0.2, 0.25) is 0 Å². The molecular weight excluding hydrogens is 328 g/mol. The molecule has 0 fully saturated rings. The van der Waals surface area contributed by atoms with E-state index in [0.29, 0.717) is 0 Å². The third kappa shape index (κ3) is 7.27. The fourth-order valence-corrected chi connectivity index (χ4v) is 5.26. The van der Waals surface area contributed by atoms with Crippen molar-refractivity contribution in [2.45, 2.75) is 10.3 Å². The summed E-state index contributed by atoms with van der Waals surface area (Å²) in [7, 11) is 0. The second-order valence-electron chi connectivity index (χ2n) is 3.73. The predicted octanol–water partition coefficient (Wildman–Crippen LogP) is 0.722. The zero-order valence-corrected chi connectivity index (χ0v) is 13.1. The van der Waals surface area contributed by atoms with Crippen LogP contribution in [0.4, 0.5) is 0 Å². The minimum Gasteiger partial charge on any atom is -0.481 e. The van der Waals surface area contributed by atoms with Gasteiger partial charge >= 0.3 is 17.9 Å². The van der Waals surface area contributed by atoms with E-state index >= 15 is 0 Å². The van der Waals surface area contributed by atoms with E-state index in [9.17, 15) is 19.5 Å². The Labute approximate surface area is 128 Å². The fourth-order valence-electron chi connectivity index (χ4n) is 1.15. The van der Waals surface area contributed by atoms with Crippen LogP contribution in [0.15, 0.2) is 0 Å². The van der Waals surface area contributed by atoms with Gasteiger partial charge in [0, 0.05) is 12.5 Å². The Bertz CT molecular complexity index is 315. The summed E-state index contributed by atoms with van der Waals surface area (Å²) >= 11 is 2.80. The highest BCUT2D eigenvalue weighted by molar-refractivity contribution is 8.34.